The minimum absolute atomic E-state index is 0.137. The average molecular weight is 313 g/mol. The molecule has 3 heteroatoms. The highest BCUT2D eigenvalue weighted by Crippen LogP contribution is 2.26. The number of rotatable bonds is 6. The summed E-state index contributed by atoms with van der Waals surface area (Å²) >= 11 is 3.40. The highest BCUT2D eigenvalue weighted by atomic mass is 79.9. The van der Waals surface area contributed by atoms with Gasteiger partial charge in [-0.15, -0.1) is 0 Å². The van der Waals surface area contributed by atoms with E-state index in [2.05, 4.69) is 29.8 Å². The topological polar surface area (TPSA) is 26.3 Å². The molecular weight excluding hydrogens is 292 g/mol. The van der Waals surface area contributed by atoms with Gasteiger partial charge in [0, 0.05) is 4.47 Å². The maximum absolute atomic E-state index is 11.8. The van der Waals surface area contributed by atoms with Crippen LogP contribution in [0.2, 0.25) is 0 Å². The molecule has 100 valence electrons. The van der Waals surface area contributed by atoms with Gasteiger partial charge in [-0.05, 0) is 30.0 Å². The van der Waals surface area contributed by atoms with Crippen molar-refractivity contribution in [1.29, 1.82) is 0 Å². The smallest absolute Gasteiger partial charge is 0.313 e. The number of methoxy groups -OCH3 is 1. The van der Waals surface area contributed by atoms with Crippen molar-refractivity contribution in [2.24, 2.45) is 5.92 Å². The molecule has 0 aliphatic rings. The van der Waals surface area contributed by atoms with Crippen LogP contribution >= 0.6 is 15.9 Å². The molecule has 0 bridgehead atoms. The molecule has 18 heavy (non-hydrogen) atoms. The number of carbonyl (C=O) groups is 1. The first-order valence-corrected chi connectivity index (χ1v) is 7.17. The van der Waals surface area contributed by atoms with Gasteiger partial charge in [0.15, 0.2) is 0 Å². The molecule has 0 aliphatic heterocycles. The lowest BCUT2D eigenvalue weighted by Crippen LogP contribution is -2.14. The molecule has 0 fully saturated rings. The van der Waals surface area contributed by atoms with Crippen LogP contribution in [0.15, 0.2) is 28.7 Å². The summed E-state index contributed by atoms with van der Waals surface area (Å²) in [5.41, 5.74) is 1.04. The molecule has 0 radical (unpaired) electrons. The third kappa shape index (κ3) is 4.81. The van der Waals surface area contributed by atoms with Crippen molar-refractivity contribution < 1.29 is 9.53 Å². The van der Waals surface area contributed by atoms with E-state index >= 15 is 0 Å². The Bertz CT molecular complexity index is 371. The van der Waals surface area contributed by atoms with E-state index in [1.165, 1.54) is 7.11 Å². The first-order chi connectivity index (χ1) is 8.54. The van der Waals surface area contributed by atoms with Gasteiger partial charge in [0.05, 0.1) is 13.0 Å². The molecule has 0 N–H and O–H groups in total. The Labute approximate surface area is 118 Å². The molecule has 0 heterocycles. The van der Waals surface area contributed by atoms with Gasteiger partial charge in [-0.3, -0.25) is 4.79 Å². The predicted octanol–water partition coefficient (Wildman–Crippen LogP) is 4.53. The zero-order valence-electron chi connectivity index (χ0n) is 11.3. The molecule has 0 spiro atoms. The molecule has 0 aliphatic carbocycles. The largest absolute Gasteiger partial charge is 0.469 e. The number of ether oxygens (including phenoxy) is 1. The molecule has 1 rings (SSSR count). The fourth-order valence-electron chi connectivity index (χ4n) is 1.99. The van der Waals surface area contributed by atoms with Crippen molar-refractivity contribution in [2.45, 2.75) is 39.0 Å². The van der Waals surface area contributed by atoms with Crippen LogP contribution in [0.1, 0.15) is 44.6 Å². The average Bonchev–Trinajstić information content (AvgIpc) is 2.35. The van der Waals surface area contributed by atoms with Crippen LogP contribution in [0.4, 0.5) is 0 Å². The first-order valence-electron chi connectivity index (χ1n) is 6.38. The fourth-order valence-corrected chi connectivity index (χ4v) is 2.25. The molecule has 0 aromatic heterocycles. The van der Waals surface area contributed by atoms with E-state index < -0.39 is 0 Å². The van der Waals surface area contributed by atoms with Crippen molar-refractivity contribution in [3.8, 4) is 0 Å². The van der Waals surface area contributed by atoms with Gasteiger partial charge in [-0.2, -0.15) is 0 Å². The molecule has 0 unspecified atom stereocenters. The van der Waals surface area contributed by atoms with Crippen molar-refractivity contribution >= 4 is 21.9 Å². The summed E-state index contributed by atoms with van der Waals surface area (Å²) in [5, 5.41) is 0. The fraction of sp³-hybridized carbons (Fsp3) is 0.533. The molecule has 1 aromatic carbocycles. The van der Waals surface area contributed by atoms with Crippen LogP contribution in [-0.4, -0.2) is 13.1 Å². The third-order valence-electron chi connectivity index (χ3n) is 3.03. The number of halogens is 1. The van der Waals surface area contributed by atoms with Crippen molar-refractivity contribution in [3.05, 3.63) is 34.3 Å². The number of hydrogen-bond donors (Lipinski definition) is 0. The number of hydrogen-bond acceptors (Lipinski definition) is 2. The first kappa shape index (κ1) is 15.2. The van der Waals surface area contributed by atoms with E-state index in [1.54, 1.807) is 0 Å². The van der Waals surface area contributed by atoms with E-state index in [0.29, 0.717) is 5.92 Å². The number of benzene rings is 1. The molecule has 1 atom stereocenters. The van der Waals surface area contributed by atoms with Gasteiger partial charge in [0.25, 0.3) is 0 Å². The van der Waals surface area contributed by atoms with Gasteiger partial charge in [-0.25, -0.2) is 0 Å². The number of esters is 1. The molecule has 0 amide bonds. The van der Waals surface area contributed by atoms with Crippen LogP contribution in [0.5, 0.6) is 0 Å². The Morgan fingerprint density at radius 1 is 1.22 bits per heavy atom. The molecule has 2 nitrogen and oxygen atoms in total. The Morgan fingerprint density at radius 3 is 2.33 bits per heavy atom. The molecule has 0 saturated carbocycles. The zero-order chi connectivity index (χ0) is 13.5. The second-order valence-electron chi connectivity index (χ2n) is 4.95. The summed E-state index contributed by atoms with van der Waals surface area (Å²) in [6, 6.07) is 7.91. The Balaban J connectivity index is 2.72. The van der Waals surface area contributed by atoms with Crippen molar-refractivity contribution in [2.75, 3.05) is 7.11 Å². The summed E-state index contributed by atoms with van der Waals surface area (Å²) in [6.45, 7) is 4.40. The maximum Gasteiger partial charge on any atom is 0.313 e. The molecule has 1 aromatic rings. The lowest BCUT2D eigenvalue weighted by Gasteiger charge is -2.15. The highest BCUT2D eigenvalue weighted by molar-refractivity contribution is 9.10. The summed E-state index contributed by atoms with van der Waals surface area (Å²) in [5.74, 6) is 0.399. The Hall–Kier alpha value is -0.830. The van der Waals surface area contributed by atoms with Crippen LogP contribution in [0.25, 0.3) is 0 Å². The monoisotopic (exact) mass is 312 g/mol. The summed E-state index contributed by atoms with van der Waals surface area (Å²) < 4.78 is 5.93. The van der Waals surface area contributed by atoms with Gasteiger partial charge in [-0.1, -0.05) is 54.8 Å². The predicted molar refractivity (Wildman–Crippen MR) is 77.6 cm³/mol. The van der Waals surface area contributed by atoms with E-state index in [9.17, 15) is 4.79 Å². The van der Waals surface area contributed by atoms with E-state index in [-0.39, 0.29) is 11.9 Å². The van der Waals surface area contributed by atoms with Gasteiger partial charge >= 0.3 is 5.97 Å². The Morgan fingerprint density at radius 2 is 1.83 bits per heavy atom. The second kappa shape index (κ2) is 7.57. The van der Waals surface area contributed by atoms with Crippen molar-refractivity contribution in [1.82, 2.24) is 0 Å². The molecule has 0 saturated heterocycles. The normalized spacial score (nSPS) is 12.5. The van der Waals surface area contributed by atoms with E-state index in [4.69, 9.17) is 4.74 Å². The third-order valence-corrected chi connectivity index (χ3v) is 3.56. The SMILES string of the molecule is COC(=O)[C@@H](CCCC(C)C)c1ccc(Br)cc1. The minimum Gasteiger partial charge on any atom is -0.469 e. The van der Waals surface area contributed by atoms with E-state index in [0.717, 1.165) is 29.3 Å². The summed E-state index contributed by atoms with van der Waals surface area (Å²) in [7, 11) is 1.45. The van der Waals surface area contributed by atoms with Gasteiger partial charge < -0.3 is 4.74 Å². The maximum atomic E-state index is 11.8. The summed E-state index contributed by atoms with van der Waals surface area (Å²) in [6.07, 6.45) is 3.05. The van der Waals surface area contributed by atoms with Crippen LogP contribution in [0.3, 0.4) is 0 Å². The highest BCUT2D eigenvalue weighted by Gasteiger charge is 2.20. The van der Waals surface area contributed by atoms with Gasteiger partial charge in [0.1, 0.15) is 0 Å². The summed E-state index contributed by atoms with van der Waals surface area (Å²) in [4.78, 5) is 11.8. The quantitative estimate of drug-likeness (QED) is 0.721. The van der Waals surface area contributed by atoms with Crippen LogP contribution < -0.4 is 0 Å². The lowest BCUT2D eigenvalue weighted by molar-refractivity contribution is -0.142. The second-order valence-corrected chi connectivity index (χ2v) is 5.87. The molecular formula is C15H21BrO2. The van der Waals surface area contributed by atoms with Gasteiger partial charge in [0.2, 0.25) is 0 Å². The van der Waals surface area contributed by atoms with Crippen LogP contribution in [-0.2, 0) is 9.53 Å². The lowest BCUT2D eigenvalue weighted by atomic mass is 9.92. The number of carbonyl (C=O) groups excluding carboxylic acids is 1. The zero-order valence-corrected chi connectivity index (χ0v) is 12.9. The Kier molecular flexibility index (Phi) is 6.41. The van der Waals surface area contributed by atoms with Crippen molar-refractivity contribution in [3.63, 3.8) is 0 Å². The minimum atomic E-state index is -0.138. The standard InChI is InChI=1S/C15H21BrO2/c1-11(2)5-4-6-14(15(17)18-3)12-7-9-13(16)10-8-12/h7-11,14H,4-6H2,1-3H3/t14-/m0/s1. The van der Waals surface area contributed by atoms with E-state index in [1.807, 2.05) is 24.3 Å². The van der Waals surface area contributed by atoms with Crippen LogP contribution in [0, 0.1) is 5.92 Å².